The molecule has 0 spiro atoms. The number of fused-ring (bicyclic) bond motifs is 1. The summed E-state index contributed by atoms with van der Waals surface area (Å²) >= 11 is 0. The number of carbonyl (C=O) groups excluding carboxylic acids is 1. The van der Waals surface area contributed by atoms with Gasteiger partial charge in [0.1, 0.15) is 5.82 Å². The Labute approximate surface area is 181 Å². The van der Waals surface area contributed by atoms with Crippen LogP contribution < -0.4 is 5.32 Å². The van der Waals surface area contributed by atoms with Crippen LogP contribution in [-0.2, 0) is 11.2 Å². The summed E-state index contributed by atoms with van der Waals surface area (Å²) in [6, 6.07) is 15.6. The first-order valence-electron chi connectivity index (χ1n) is 10.6. The summed E-state index contributed by atoms with van der Waals surface area (Å²) < 4.78 is 5.73. The zero-order valence-corrected chi connectivity index (χ0v) is 18.1. The van der Waals surface area contributed by atoms with E-state index in [2.05, 4.69) is 39.3 Å². The summed E-state index contributed by atoms with van der Waals surface area (Å²) in [6.45, 7) is 6.29. The van der Waals surface area contributed by atoms with Crippen molar-refractivity contribution in [2.75, 3.05) is 0 Å². The van der Waals surface area contributed by atoms with Gasteiger partial charge in [-0.15, -0.1) is 10.2 Å². The fourth-order valence-corrected chi connectivity index (χ4v) is 3.50. The lowest BCUT2D eigenvalue weighted by Crippen LogP contribution is -2.30. The number of nitrogens with one attached hydrogen (secondary N) is 2. The van der Waals surface area contributed by atoms with Gasteiger partial charge in [0, 0.05) is 18.4 Å². The van der Waals surface area contributed by atoms with Crippen molar-refractivity contribution in [1.29, 1.82) is 0 Å². The molecule has 2 N–H and O–H groups in total. The topological polar surface area (TPSA) is 96.7 Å². The smallest absolute Gasteiger partial charge is 0.247 e. The van der Waals surface area contributed by atoms with Crippen LogP contribution in [0.2, 0.25) is 0 Å². The molecule has 0 aliphatic heterocycles. The van der Waals surface area contributed by atoms with Crippen LogP contribution in [0.4, 0.5) is 0 Å². The van der Waals surface area contributed by atoms with Gasteiger partial charge in [0.05, 0.1) is 17.1 Å². The van der Waals surface area contributed by atoms with Crippen molar-refractivity contribution >= 4 is 16.9 Å². The van der Waals surface area contributed by atoms with E-state index in [4.69, 9.17) is 4.42 Å². The van der Waals surface area contributed by atoms with Gasteiger partial charge in [-0.3, -0.25) is 4.79 Å². The fraction of sp³-hybridized carbons (Fsp3) is 0.333. The predicted octanol–water partition coefficient (Wildman–Crippen LogP) is 4.76. The molecule has 2 aromatic carbocycles. The number of aryl methyl sites for hydroxylation is 2. The highest BCUT2D eigenvalue weighted by molar-refractivity contribution is 5.77. The quantitative estimate of drug-likeness (QED) is 0.431. The molecule has 2 heterocycles. The summed E-state index contributed by atoms with van der Waals surface area (Å²) in [5.41, 5.74) is 3.90. The Morgan fingerprint density at radius 1 is 1.10 bits per heavy atom. The third-order valence-corrected chi connectivity index (χ3v) is 5.11. The van der Waals surface area contributed by atoms with E-state index in [0.717, 1.165) is 28.8 Å². The Balaban J connectivity index is 1.39. The molecule has 1 amide bonds. The molecule has 7 nitrogen and oxygen atoms in total. The minimum absolute atomic E-state index is 0.0683. The number of benzene rings is 2. The molecule has 7 heteroatoms. The zero-order chi connectivity index (χ0) is 21.8. The Hall–Kier alpha value is -3.48. The second-order valence-electron chi connectivity index (χ2n) is 8.26. The van der Waals surface area contributed by atoms with E-state index in [0.29, 0.717) is 24.1 Å². The summed E-state index contributed by atoms with van der Waals surface area (Å²) in [5.74, 6) is 2.04. The number of rotatable bonds is 8. The van der Waals surface area contributed by atoms with Crippen molar-refractivity contribution < 1.29 is 9.21 Å². The normalized spacial score (nSPS) is 12.4. The molecule has 1 unspecified atom stereocenters. The molecule has 31 heavy (non-hydrogen) atoms. The molecule has 1 atom stereocenters. The fourth-order valence-electron chi connectivity index (χ4n) is 3.50. The van der Waals surface area contributed by atoms with E-state index in [1.165, 1.54) is 5.56 Å². The van der Waals surface area contributed by atoms with Crippen molar-refractivity contribution in [3.63, 3.8) is 0 Å². The number of hydrogen-bond donors (Lipinski definition) is 2. The van der Waals surface area contributed by atoms with E-state index in [-0.39, 0.29) is 18.4 Å². The molecule has 0 aliphatic rings. The average molecular weight is 418 g/mol. The van der Waals surface area contributed by atoms with Gasteiger partial charge in [-0.2, -0.15) is 0 Å². The van der Waals surface area contributed by atoms with Crippen LogP contribution in [0, 0.1) is 12.8 Å². The van der Waals surface area contributed by atoms with E-state index in [9.17, 15) is 4.79 Å². The first-order chi connectivity index (χ1) is 15.0. The van der Waals surface area contributed by atoms with Gasteiger partial charge in [-0.1, -0.05) is 43.7 Å². The lowest BCUT2D eigenvalue weighted by atomic mass is 10.0. The standard InChI is InChI=1S/C24H27N5O2/c1-15(2)14-20(23-26-18-6-4-5-7-19(18)27-23)25-21(30)12-13-22-28-29-24(31-22)17-10-8-16(3)9-11-17/h4-11,15,20H,12-14H2,1-3H3,(H,25,30)(H,26,27). The van der Waals surface area contributed by atoms with Gasteiger partial charge in [-0.05, 0) is 43.5 Å². The molecular weight excluding hydrogens is 390 g/mol. The van der Waals surface area contributed by atoms with E-state index < -0.39 is 0 Å². The zero-order valence-electron chi connectivity index (χ0n) is 18.1. The van der Waals surface area contributed by atoms with Gasteiger partial charge >= 0.3 is 0 Å². The minimum atomic E-state index is -0.175. The number of aromatic nitrogens is 4. The number of nitrogens with zero attached hydrogens (tertiary/aromatic N) is 3. The molecule has 0 saturated carbocycles. The number of amides is 1. The average Bonchev–Trinajstić information content (AvgIpc) is 3.39. The molecule has 4 rings (SSSR count). The van der Waals surface area contributed by atoms with Gasteiger partial charge in [0.25, 0.3) is 0 Å². The van der Waals surface area contributed by atoms with Crippen LogP contribution >= 0.6 is 0 Å². The highest BCUT2D eigenvalue weighted by Gasteiger charge is 2.20. The van der Waals surface area contributed by atoms with Gasteiger partial charge in [0.2, 0.25) is 17.7 Å². The Morgan fingerprint density at radius 2 is 1.87 bits per heavy atom. The van der Waals surface area contributed by atoms with Crippen LogP contribution in [0.1, 0.15) is 50.0 Å². The molecule has 0 aliphatic carbocycles. The Bertz CT molecular complexity index is 1130. The van der Waals surface area contributed by atoms with Crippen LogP contribution in [-0.4, -0.2) is 26.1 Å². The van der Waals surface area contributed by atoms with Crippen molar-refractivity contribution in [3.8, 4) is 11.5 Å². The van der Waals surface area contributed by atoms with Crippen molar-refractivity contribution in [3.05, 3.63) is 65.8 Å². The first kappa shape index (κ1) is 20.8. The van der Waals surface area contributed by atoms with Crippen LogP contribution in [0.15, 0.2) is 52.9 Å². The minimum Gasteiger partial charge on any atom is -0.421 e. The molecule has 0 fully saturated rings. The molecule has 0 saturated heterocycles. The third kappa shape index (κ3) is 5.17. The van der Waals surface area contributed by atoms with E-state index in [1.54, 1.807) is 0 Å². The molecule has 2 aromatic heterocycles. The summed E-state index contributed by atoms with van der Waals surface area (Å²) in [5, 5.41) is 11.3. The second kappa shape index (κ2) is 9.12. The number of imidazole rings is 1. The molecular formula is C24H27N5O2. The van der Waals surface area contributed by atoms with E-state index in [1.807, 2.05) is 55.5 Å². The van der Waals surface area contributed by atoms with E-state index >= 15 is 0 Å². The predicted molar refractivity (Wildman–Crippen MR) is 119 cm³/mol. The second-order valence-corrected chi connectivity index (χ2v) is 8.26. The maximum Gasteiger partial charge on any atom is 0.247 e. The Kier molecular flexibility index (Phi) is 6.11. The monoisotopic (exact) mass is 417 g/mol. The van der Waals surface area contributed by atoms with Crippen LogP contribution in [0.3, 0.4) is 0 Å². The summed E-state index contributed by atoms with van der Waals surface area (Å²) in [4.78, 5) is 20.7. The number of hydrogen-bond acceptors (Lipinski definition) is 5. The molecule has 0 bridgehead atoms. The third-order valence-electron chi connectivity index (χ3n) is 5.11. The highest BCUT2D eigenvalue weighted by Crippen LogP contribution is 2.23. The summed E-state index contributed by atoms with van der Waals surface area (Å²) in [7, 11) is 0. The highest BCUT2D eigenvalue weighted by atomic mass is 16.4. The number of carbonyl (C=O) groups is 1. The van der Waals surface area contributed by atoms with Crippen LogP contribution in [0.5, 0.6) is 0 Å². The Morgan fingerprint density at radius 3 is 2.61 bits per heavy atom. The number of para-hydroxylation sites is 2. The number of aromatic amines is 1. The van der Waals surface area contributed by atoms with Gasteiger partial charge in [0.15, 0.2) is 0 Å². The summed E-state index contributed by atoms with van der Waals surface area (Å²) in [6.07, 6.45) is 1.45. The molecule has 4 aromatic rings. The molecule has 0 radical (unpaired) electrons. The number of H-pyrrole nitrogens is 1. The van der Waals surface area contributed by atoms with Crippen molar-refractivity contribution in [1.82, 2.24) is 25.5 Å². The van der Waals surface area contributed by atoms with Gasteiger partial charge in [-0.25, -0.2) is 4.98 Å². The van der Waals surface area contributed by atoms with Crippen molar-refractivity contribution in [2.45, 2.75) is 46.1 Å². The SMILES string of the molecule is Cc1ccc(-c2nnc(CCC(=O)NC(CC(C)C)c3nc4ccccc4[nH]3)o2)cc1. The maximum absolute atomic E-state index is 12.7. The lowest BCUT2D eigenvalue weighted by molar-refractivity contribution is -0.122. The first-order valence-corrected chi connectivity index (χ1v) is 10.6. The van der Waals surface area contributed by atoms with Gasteiger partial charge < -0.3 is 14.7 Å². The molecule has 160 valence electrons. The maximum atomic E-state index is 12.7. The van der Waals surface area contributed by atoms with Crippen LogP contribution in [0.25, 0.3) is 22.5 Å². The lowest BCUT2D eigenvalue weighted by Gasteiger charge is -2.18. The largest absolute Gasteiger partial charge is 0.421 e. The van der Waals surface area contributed by atoms with Crippen molar-refractivity contribution in [2.24, 2.45) is 5.92 Å².